The number of fused-ring (bicyclic) bond motifs is 1. The molecule has 2 aromatic heterocycles. The predicted molar refractivity (Wildman–Crippen MR) is 78.0 cm³/mol. The number of aromatic amines is 1. The van der Waals surface area contributed by atoms with Crippen LogP contribution in [0.4, 0.5) is 0 Å². The molecule has 0 radical (unpaired) electrons. The summed E-state index contributed by atoms with van der Waals surface area (Å²) in [5.74, 6) is 0.554. The summed E-state index contributed by atoms with van der Waals surface area (Å²) >= 11 is 7.39. The van der Waals surface area contributed by atoms with Crippen molar-refractivity contribution in [2.75, 3.05) is 7.11 Å². The molecule has 2 heterocycles. The Morgan fingerprint density at radius 2 is 2.10 bits per heavy atom. The molecule has 1 aromatic carbocycles. The van der Waals surface area contributed by atoms with Crippen LogP contribution in [0.5, 0.6) is 0 Å². The van der Waals surface area contributed by atoms with Crippen LogP contribution in [0.25, 0.3) is 11.0 Å². The maximum absolute atomic E-state index is 5.98. The lowest BCUT2D eigenvalue weighted by molar-refractivity contribution is 0.177. The molecule has 0 unspecified atom stereocenters. The molecular weight excluding hydrogens is 296 g/mol. The highest BCUT2D eigenvalue weighted by atomic mass is 35.5. The van der Waals surface area contributed by atoms with E-state index < -0.39 is 0 Å². The fourth-order valence-electron chi connectivity index (χ4n) is 1.76. The molecule has 20 heavy (non-hydrogen) atoms. The number of imidazole rings is 1. The molecule has 0 fully saturated rings. The number of hydrogen-bond acceptors (Lipinski definition) is 5. The molecule has 0 atom stereocenters. The lowest BCUT2D eigenvalue weighted by atomic mass is 10.3. The van der Waals surface area contributed by atoms with E-state index in [1.807, 2.05) is 24.3 Å². The van der Waals surface area contributed by atoms with E-state index >= 15 is 0 Å². The molecule has 1 N–H and O–H groups in total. The molecule has 0 aliphatic carbocycles. The van der Waals surface area contributed by atoms with Crippen molar-refractivity contribution < 1.29 is 4.74 Å². The largest absolute Gasteiger partial charge is 0.377 e. The summed E-state index contributed by atoms with van der Waals surface area (Å²) in [4.78, 5) is 16.2. The van der Waals surface area contributed by atoms with E-state index in [1.165, 1.54) is 11.8 Å². The van der Waals surface area contributed by atoms with Gasteiger partial charge < -0.3 is 9.72 Å². The number of hydrogen-bond donors (Lipinski definition) is 1. The molecule has 0 saturated heterocycles. The average Bonchev–Trinajstić information content (AvgIpc) is 2.80. The van der Waals surface area contributed by atoms with Gasteiger partial charge in [-0.2, -0.15) is 0 Å². The van der Waals surface area contributed by atoms with Crippen molar-refractivity contribution in [2.24, 2.45) is 0 Å². The van der Waals surface area contributed by atoms with Gasteiger partial charge in [0.1, 0.15) is 16.8 Å². The maximum Gasteiger partial charge on any atom is 0.172 e. The summed E-state index contributed by atoms with van der Waals surface area (Å²) in [6.07, 6.45) is 0. The van der Waals surface area contributed by atoms with E-state index in [1.54, 1.807) is 13.2 Å². The normalized spacial score (nSPS) is 11.1. The Morgan fingerprint density at radius 1 is 1.25 bits per heavy atom. The van der Waals surface area contributed by atoms with Gasteiger partial charge in [0.05, 0.1) is 11.0 Å². The van der Waals surface area contributed by atoms with Crippen molar-refractivity contribution >= 4 is 34.4 Å². The number of benzene rings is 1. The van der Waals surface area contributed by atoms with Crippen molar-refractivity contribution in [3.8, 4) is 0 Å². The van der Waals surface area contributed by atoms with Gasteiger partial charge in [0.25, 0.3) is 0 Å². The summed E-state index contributed by atoms with van der Waals surface area (Å²) in [5, 5.41) is 1.89. The Morgan fingerprint density at radius 3 is 2.90 bits per heavy atom. The average molecular weight is 307 g/mol. The Balaban J connectivity index is 1.90. The van der Waals surface area contributed by atoms with E-state index in [0.29, 0.717) is 17.6 Å². The minimum Gasteiger partial charge on any atom is -0.377 e. The van der Waals surface area contributed by atoms with Gasteiger partial charge in [-0.25, -0.2) is 15.0 Å². The van der Waals surface area contributed by atoms with Gasteiger partial charge in [-0.3, -0.25) is 0 Å². The Hall–Kier alpha value is -1.63. The van der Waals surface area contributed by atoms with Crippen molar-refractivity contribution in [1.82, 2.24) is 19.9 Å². The summed E-state index contributed by atoms with van der Waals surface area (Å²) < 4.78 is 5.02. The minimum absolute atomic E-state index is 0.328. The molecule has 0 aliphatic heterocycles. The Labute approximate surface area is 124 Å². The number of methoxy groups -OCH3 is 1. The fraction of sp³-hybridized carbons (Fsp3) is 0.154. The number of para-hydroxylation sites is 2. The van der Waals surface area contributed by atoms with E-state index in [0.717, 1.165) is 21.2 Å². The third-order valence-corrected chi connectivity index (χ3v) is 3.56. The van der Waals surface area contributed by atoms with E-state index in [4.69, 9.17) is 16.3 Å². The van der Waals surface area contributed by atoms with Crippen LogP contribution in [0.15, 0.2) is 40.5 Å². The molecule has 0 amide bonds. The highest BCUT2D eigenvalue weighted by Gasteiger charge is 2.08. The highest BCUT2D eigenvalue weighted by Crippen LogP contribution is 2.27. The first-order valence-electron chi connectivity index (χ1n) is 5.89. The second-order valence-electron chi connectivity index (χ2n) is 4.04. The topological polar surface area (TPSA) is 63.7 Å². The van der Waals surface area contributed by atoms with Crippen LogP contribution in [0, 0.1) is 0 Å². The Bertz CT molecular complexity index is 713. The molecule has 0 bridgehead atoms. The lowest BCUT2D eigenvalue weighted by Crippen LogP contribution is -1.98. The van der Waals surface area contributed by atoms with Crippen LogP contribution >= 0.6 is 23.4 Å². The van der Waals surface area contributed by atoms with Crippen LogP contribution < -0.4 is 0 Å². The zero-order valence-corrected chi connectivity index (χ0v) is 12.2. The standard InChI is InChI=1S/C13H11ClN4OS/c1-19-7-11-17-10(14)6-12(18-11)20-13-15-8-4-2-3-5-9(8)16-13/h2-6H,7H2,1H3,(H,15,16). The zero-order chi connectivity index (χ0) is 13.9. The summed E-state index contributed by atoms with van der Waals surface area (Å²) in [7, 11) is 1.59. The van der Waals surface area contributed by atoms with Crippen LogP contribution in [0.1, 0.15) is 5.82 Å². The van der Waals surface area contributed by atoms with Gasteiger partial charge in [0, 0.05) is 13.2 Å². The number of nitrogens with one attached hydrogen (secondary N) is 1. The molecule has 7 heteroatoms. The molecule has 102 valence electrons. The van der Waals surface area contributed by atoms with Gasteiger partial charge in [-0.05, 0) is 23.9 Å². The number of ether oxygens (including phenoxy) is 1. The number of aromatic nitrogens is 4. The van der Waals surface area contributed by atoms with E-state index in [9.17, 15) is 0 Å². The fourth-order valence-corrected chi connectivity index (χ4v) is 2.85. The maximum atomic E-state index is 5.98. The number of rotatable bonds is 4. The van der Waals surface area contributed by atoms with Crippen molar-refractivity contribution in [3.05, 3.63) is 41.3 Å². The van der Waals surface area contributed by atoms with E-state index in [-0.39, 0.29) is 0 Å². The number of nitrogens with zero attached hydrogens (tertiary/aromatic N) is 3. The van der Waals surface area contributed by atoms with E-state index in [2.05, 4.69) is 19.9 Å². The molecule has 0 aliphatic rings. The van der Waals surface area contributed by atoms with Crippen molar-refractivity contribution in [3.63, 3.8) is 0 Å². The Kier molecular flexibility index (Phi) is 3.86. The first-order chi connectivity index (χ1) is 9.74. The lowest BCUT2D eigenvalue weighted by Gasteiger charge is -2.02. The van der Waals surface area contributed by atoms with Gasteiger partial charge in [0.15, 0.2) is 11.0 Å². The zero-order valence-electron chi connectivity index (χ0n) is 10.6. The molecular formula is C13H11ClN4OS. The van der Waals surface area contributed by atoms with Crippen LogP contribution in [0.3, 0.4) is 0 Å². The van der Waals surface area contributed by atoms with Gasteiger partial charge in [-0.1, -0.05) is 23.7 Å². The SMILES string of the molecule is COCc1nc(Cl)cc(Sc2nc3ccccc3[nH]2)n1. The molecule has 0 spiro atoms. The second-order valence-corrected chi connectivity index (χ2v) is 5.44. The number of H-pyrrole nitrogens is 1. The summed E-state index contributed by atoms with van der Waals surface area (Å²) in [5.41, 5.74) is 1.92. The smallest absolute Gasteiger partial charge is 0.172 e. The van der Waals surface area contributed by atoms with Crippen molar-refractivity contribution in [1.29, 1.82) is 0 Å². The highest BCUT2D eigenvalue weighted by molar-refractivity contribution is 7.99. The molecule has 3 aromatic rings. The minimum atomic E-state index is 0.328. The molecule has 3 rings (SSSR count). The van der Waals surface area contributed by atoms with Gasteiger partial charge >= 0.3 is 0 Å². The first kappa shape index (κ1) is 13.4. The summed E-state index contributed by atoms with van der Waals surface area (Å²) in [6.45, 7) is 0.328. The second kappa shape index (κ2) is 5.78. The van der Waals surface area contributed by atoms with Crippen molar-refractivity contribution in [2.45, 2.75) is 16.8 Å². The van der Waals surface area contributed by atoms with Crippen LogP contribution in [-0.2, 0) is 11.3 Å². The van der Waals surface area contributed by atoms with Gasteiger partial charge in [-0.15, -0.1) is 0 Å². The predicted octanol–water partition coefficient (Wildman–Crippen LogP) is 3.30. The number of halogens is 1. The molecule has 5 nitrogen and oxygen atoms in total. The van der Waals surface area contributed by atoms with Gasteiger partial charge in [0.2, 0.25) is 0 Å². The van der Waals surface area contributed by atoms with Crippen LogP contribution in [-0.4, -0.2) is 27.0 Å². The van der Waals surface area contributed by atoms with Crippen LogP contribution in [0.2, 0.25) is 5.15 Å². The molecule has 0 saturated carbocycles. The third-order valence-electron chi connectivity index (χ3n) is 2.56. The monoisotopic (exact) mass is 306 g/mol. The summed E-state index contributed by atoms with van der Waals surface area (Å²) in [6, 6.07) is 9.57. The third kappa shape index (κ3) is 2.92. The quantitative estimate of drug-likeness (QED) is 0.749. The first-order valence-corrected chi connectivity index (χ1v) is 7.09.